The molecule has 22 heavy (non-hydrogen) atoms. The van der Waals surface area contributed by atoms with Gasteiger partial charge < -0.3 is 0 Å². The van der Waals surface area contributed by atoms with Crippen LogP contribution in [0.4, 0.5) is 4.39 Å². The topological polar surface area (TPSA) is 69.7 Å². The van der Waals surface area contributed by atoms with E-state index in [1.165, 1.54) is 21.4 Å². The van der Waals surface area contributed by atoms with Gasteiger partial charge in [-0.2, -0.15) is 4.31 Å². The zero-order chi connectivity index (χ0) is 16.3. The number of hydrazine groups is 1. The maximum absolute atomic E-state index is 12.9. The maximum Gasteiger partial charge on any atom is 0.243 e. The minimum absolute atomic E-state index is 0.0440. The molecule has 0 radical (unpaired) electrons. The van der Waals surface area contributed by atoms with E-state index >= 15 is 0 Å². The van der Waals surface area contributed by atoms with E-state index < -0.39 is 15.8 Å². The number of sulfonamides is 1. The molecule has 1 aromatic carbocycles. The van der Waals surface area contributed by atoms with Crippen LogP contribution in [0.25, 0.3) is 0 Å². The predicted octanol–water partition coefficient (Wildman–Crippen LogP) is 0.819. The summed E-state index contributed by atoms with van der Waals surface area (Å²) in [4.78, 5) is 12.1. The van der Waals surface area contributed by atoms with Gasteiger partial charge in [0.1, 0.15) is 5.82 Å². The Bertz CT molecular complexity index is 631. The Kier molecular flexibility index (Phi) is 5.15. The first kappa shape index (κ1) is 16.9. The molecule has 1 N–H and O–H groups in total. The Labute approximate surface area is 129 Å². The van der Waals surface area contributed by atoms with Crippen molar-refractivity contribution in [1.82, 2.24) is 14.7 Å². The first-order valence-corrected chi connectivity index (χ1v) is 8.48. The molecule has 122 valence electrons. The van der Waals surface area contributed by atoms with E-state index in [1.54, 1.807) is 14.1 Å². The van der Waals surface area contributed by atoms with Crippen molar-refractivity contribution in [2.24, 2.45) is 5.92 Å². The second kappa shape index (κ2) is 6.72. The molecular weight excluding hydrogens is 309 g/mol. The number of carbonyl (C=O) groups excluding carboxylic acids is 1. The number of nitrogens with one attached hydrogen (secondary N) is 1. The smallest absolute Gasteiger partial charge is 0.243 e. The minimum Gasteiger partial charge on any atom is -0.289 e. The number of amides is 1. The molecule has 0 bridgehead atoms. The van der Waals surface area contributed by atoms with Gasteiger partial charge in [-0.25, -0.2) is 17.8 Å². The van der Waals surface area contributed by atoms with Gasteiger partial charge in [0, 0.05) is 27.2 Å². The molecule has 1 amide bonds. The van der Waals surface area contributed by atoms with Gasteiger partial charge >= 0.3 is 0 Å². The van der Waals surface area contributed by atoms with Gasteiger partial charge in [-0.3, -0.25) is 10.2 Å². The molecule has 0 unspecified atom stereocenters. The van der Waals surface area contributed by atoms with Gasteiger partial charge in [-0.1, -0.05) is 0 Å². The number of benzene rings is 1. The van der Waals surface area contributed by atoms with E-state index in [9.17, 15) is 17.6 Å². The van der Waals surface area contributed by atoms with Crippen LogP contribution in [0.15, 0.2) is 29.2 Å². The molecule has 0 aromatic heterocycles. The van der Waals surface area contributed by atoms with Crippen molar-refractivity contribution in [2.75, 3.05) is 27.2 Å². The Hall–Kier alpha value is -1.51. The summed E-state index contributed by atoms with van der Waals surface area (Å²) in [6, 6.07) is 4.72. The lowest BCUT2D eigenvalue weighted by atomic mass is 9.99. The largest absolute Gasteiger partial charge is 0.289 e. The van der Waals surface area contributed by atoms with E-state index in [0.29, 0.717) is 19.4 Å². The summed E-state index contributed by atoms with van der Waals surface area (Å²) in [5.74, 6) is -1.06. The molecule has 6 nitrogen and oxygen atoms in total. The SMILES string of the molecule is CN(C)NC(=O)[C@@H]1CCCN(S(=O)(=O)c2ccc(F)cc2)C1. The van der Waals surface area contributed by atoms with Crippen molar-refractivity contribution in [3.05, 3.63) is 30.1 Å². The fourth-order valence-electron chi connectivity index (χ4n) is 2.44. The monoisotopic (exact) mass is 329 g/mol. The average molecular weight is 329 g/mol. The number of rotatable bonds is 4. The first-order chi connectivity index (χ1) is 10.3. The number of piperidine rings is 1. The van der Waals surface area contributed by atoms with Gasteiger partial charge in [0.2, 0.25) is 15.9 Å². The molecule has 0 saturated carbocycles. The van der Waals surface area contributed by atoms with E-state index in [2.05, 4.69) is 5.43 Å². The van der Waals surface area contributed by atoms with Gasteiger partial charge in [-0.15, -0.1) is 0 Å². The molecule has 1 aliphatic rings. The number of nitrogens with zero attached hydrogens (tertiary/aromatic N) is 2. The summed E-state index contributed by atoms with van der Waals surface area (Å²) in [6.07, 6.45) is 1.26. The molecule has 1 saturated heterocycles. The third-order valence-electron chi connectivity index (χ3n) is 3.54. The third kappa shape index (κ3) is 3.82. The van der Waals surface area contributed by atoms with E-state index in [-0.39, 0.29) is 23.3 Å². The lowest BCUT2D eigenvalue weighted by Gasteiger charge is -2.31. The number of carbonyl (C=O) groups is 1. The van der Waals surface area contributed by atoms with E-state index in [1.807, 2.05) is 0 Å². The summed E-state index contributed by atoms with van der Waals surface area (Å²) in [5, 5.41) is 1.54. The highest BCUT2D eigenvalue weighted by Gasteiger charge is 2.33. The number of halogens is 1. The molecule has 2 rings (SSSR count). The van der Waals surface area contributed by atoms with Crippen LogP contribution < -0.4 is 5.43 Å². The van der Waals surface area contributed by atoms with Gasteiger partial charge in [0.15, 0.2) is 0 Å². The Morgan fingerprint density at radius 3 is 2.55 bits per heavy atom. The van der Waals surface area contributed by atoms with E-state index in [4.69, 9.17) is 0 Å². The second-order valence-electron chi connectivity index (χ2n) is 5.53. The second-order valence-corrected chi connectivity index (χ2v) is 7.46. The van der Waals surface area contributed by atoms with Crippen molar-refractivity contribution in [2.45, 2.75) is 17.7 Å². The normalized spacial score (nSPS) is 20.1. The van der Waals surface area contributed by atoms with Crippen LogP contribution in [0.5, 0.6) is 0 Å². The zero-order valence-electron chi connectivity index (χ0n) is 12.6. The molecule has 1 aliphatic heterocycles. The lowest BCUT2D eigenvalue weighted by Crippen LogP contribution is -2.48. The number of hydrogen-bond donors (Lipinski definition) is 1. The molecule has 1 atom stereocenters. The van der Waals surface area contributed by atoms with Crippen molar-refractivity contribution < 1.29 is 17.6 Å². The van der Waals surface area contributed by atoms with Crippen LogP contribution in [-0.2, 0) is 14.8 Å². The van der Waals surface area contributed by atoms with Crippen LogP contribution in [-0.4, -0.2) is 50.8 Å². The highest BCUT2D eigenvalue weighted by molar-refractivity contribution is 7.89. The fourth-order valence-corrected chi connectivity index (χ4v) is 3.97. The van der Waals surface area contributed by atoms with Gasteiger partial charge in [-0.05, 0) is 37.1 Å². The average Bonchev–Trinajstić information content (AvgIpc) is 2.47. The van der Waals surface area contributed by atoms with Crippen LogP contribution in [0.2, 0.25) is 0 Å². The molecule has 1 heterocycles. The number of hydrogen-bond acceptors (Lipinski definition) is 4. The minimum atomic E-state index is -3.70. The summed E-state index contributed by atoms with van der Waals surface area (Å²) >= 11 is 0. The molecule has 8 heteroatoms. The Morgan fingerprint density at radius 2 is 1.95 bits per heavy atom. The van der Waals surface area contributed by atoms with Crippen molar-refractivity contribution in [1.29, 1.82) is 0 Å². The maximum atomic E-state index is 12.9. The lowest BCUT2D eigenvalue weighted by molar-refractivity contribution is -0.129. The highest BCUT2D eigenvalue weighted by Crippen LogP contribution is 2.24. The van der Waals surface area contributed by atoms with Crippen molar-refractivity contribution in [3.8, 4) is 0 Å². The van der Waals surface area contributed by atoms with Crippen LogP contribution >= 0.6 is 0 Å². The Balaban J connectivity index is 2.14. The van der Waals surface area contributed by atoms with Crippen molar-refractivity contribution in [3.63, 3.8) is 0 Å². The van der Waals surface area contributed by atoms with Crippen molar-refractivity contribution >= 4 is 15.9 Å². The third-order valence-corrected chi connectivity index (χ3v) is 5.42. The summed E-state index contributed by atoms with van der Waals surface area (Å²) < 4.78 is 39.3. The molecular formula is C14H20FN3O3S. The van der Waals surface area contributed by atoms with Crippen LogP contribution in [0.1, 0.15) is 12.8 Å². The quantitative estimate of drug-likeness (QED) is 0.831. The molecule has 0 spiro atoms. The molecule has 1 aromatic rings. The van der Waals surface area contributed by atoms with Gasteiger partial charge in [0.25, 0.3) is 0 Å². The standard InChI is InChI=1S/C14H20FN3O3S/c1-17(2)16-14(19)11-4-3-9-18(10-11)22(20,21)13-7-5-12(15)6-8-13/h5-8,11H,3-4,9-10H2,1-2H3,(H,16,19)/t11-/m1/s1. The van der Waals surface area contributed by atoms with Gasteiger partial charge in [0.05, 0.1) is 10.8 Å². The van der Waals surface area contributed by atoms with Crippen LogP contribution in [0.3, 0.4) is 0 Å². The Morgan fingerprint density at radius 1 is 1.32 bits per heavy atom. The first-order valence-electron chi connectivity index (χ1n) is 7.04. The summed E-state index contributed by atoms with van der Waals surface area (Å²) in [7, 11) is -0.296. The van der Waals surface area contributed by atoms with E-state index in [0.717, 1.165) is 12.1 Å². The zero-order valence-corrected chi connectivity index (χ0v) is 13.4. The molecule has 0 aliphatic carbocycles. The summed E-state index contributed by atoms with van der Waals surface area (Å²) in [5.41, 5.74) is 2.66. The predicted molar refractivity (Wildman–Crippen MR) is 79.7 cm³/mol. The fraction of sp³-hybridized carbons (Fsp3) is 0.500. The summed E-state index contributed by atoms with van der Waals surface area (Å²) in [6.45, 7) is 0.505. The highest BCUT2D eigenvalue weighted by atomic mass is 32.2. The molecule has 1 fully saturated rings. The van der Waals surface area contributed by atoms with Crippen LogP contribution in [0, 0.1) is 11.7 Å².